The third-order valence-corrected chi connectivity index (χ3v) is 8.41. The van der Waals surface area contributed by atoms with Crippen LogP contribution in [-0.4, -0.2) is 86.5 Å². The number of benzene rings is 2. The van der Waals surface area contributed by atoms with Crippen LogP contribution in [0, 0.1) is 17.8 Å². The molecule has 1 amide bonds. The standard InChI is InChI=1S/C30H34F5N5O4S/c1-4-44-26-14-21(45(3,42)43)7-8-24(26)36-10-5-6-20-12-22(28-25(13-20)40(18-37-28)17-30(33,34)35)29(41)38-23-9-11-39(15-19(23)2)16-27(31)32/h7-8,12-14,18-19,23,27,36H,4,9-11,15-17H2,1-3H3,(H,38,41)/t19-,23-/m0/s1. The van der Waals surface area contributed by atoms with Crippen molar-refractivity contribution in [3.63, 3.8) is 0 Å². The Morgan fingerprint density at radius 2 is 1.98 bits per heavy atom. The molecule has 9 nitrogen and oxygen atoms in total. The van der Waals surface area contributed by atoms with E-state index in [2.05, 4.69) is 27.5 Å². The van der Waals surface area contributed by atoms with Crippen LogP contribution in [-0.2, 0) is 16.4 Å². The van der Waals surface area contributed by atoms with Crippen molar-refractivity contribution in [3.8, 4) is 17.6 Å². The predicted octanol–water partition coefficient (Wildman–Crippen LogP) is 4.57. The van der Waals surface area contributed by atoms with Crippen molar-refractivity contribution < 1.29 is 39.9 Å². The second-order valence-electron chi connectivity index (χ2n) is 10.9. The molecule has 0 spiro atoms. The van der Waals surface area contributed by atoms with Gasteiger partial charge in [-0.1, -0.05) is 18.8 Å². The first-order valence-electron chi connectivity index (χ1n) is 14.2. The highest BCUT2D eigenvalue weighted by atomic mass is 32.2. The van der Waals surface area contributed by atoms with Crippen molar-refractivity contribution in [2.24, 2.45) is 5.92 Å². The van der Waals surface area contributed by atoms with E-state index >= 15 is 0 Å². The lowest BCUT2D eigenvalue weighted by Gasteiger charge is -2.37. The number of carbonyl (C=O) groups is 1. The summed E-state index contributed by atoms with van der Waals surface area (Å²) in [7, 11) is -3.46. The molecule has 0 radical (unpaired) electrons. The van der Waals surface area contributed by atoms with Gasteiger partial charge in [-0.15, -0.1) is 0 Å². The SMILES string of the molecule is CCOc1cc(S(C)(=O)=O)ccc1NCC#Cc1cc(C(=O)N[C@H]2CCN(CC(F)F)C[C@@H]2C)c2ncn(CC(F)(F)F)c2c1. The molecule has 0 bridgehead atoms. The second kappa shape index (κ2) is 14.0. The smallest absolute Gasteiger partial charge is 0.406 e. The molecule has 45 heavy (non-hydrogen) atoms. The molecule has 1 saturated heterocycles. The molecule has 2 N–H and O–H groups in total. The molecule has 2 heterocycles. The number of likely N-dealkylation sites (tertiary alicyclic amines) is 1. The third-order valence-electron chi connectivity index (χ3n) is 7.30. The van der Waals surface area contributed by atoms with Crippen LogP contribution >= 0.6 is 0 Å². The molecule has 4 rings (SSSR count). The highest BCUT2D eigenvalue weighted by molar-refractivity contribution is 7.90. The number of halogens is 5. The molecular formula is C30H34F5N5O4S. The highest BCUT2D eigenvalue weighted by Gasteiger charge is 2.31. The zero-order valence-corrected chi connectivity index (χ0v) is 25.7. The molecule has 15 heteroatoms. The van der Waals surface area contributed by atoms with Crippen molar-refractivity contribution in [3.05, 3.63) is 47.8 Å². The van der Waals surface area contributed by atoms with Crippen LogP contribution in [0.2, 0.25) is 0 Å². The van der Waals surface area contributed by atoms with Crippen molar-refractivity contribution in [1.82, 2.24) is 19.8 Å². The van der Waals surface area contributed by atoms with E-state index in [0.29, 0.717) is 30.9 Å². The first-order chi connectivity index (χ1) is 21.1. The van der Waals surface area contributed by atoms with Gasteiger partial charge >= 0.3 is 6.18 Å². The molecule has 0 aliphatic carbocycles. The number of rotatable bonds is 10. The molecule has 3 aromatic rings. The van der Waals surface area contributed by atoms with E-state index in [0.717, 1.165) is 17.2 Å². The van der Waals surface area contributed by atoms with E-state index in [1.54, 1.807) is 17.9 Å². The Morgan fingerprint density at radius 1 is 1.22 bits per heavy atom. The summed E-state index contributed by atoms with van der Waals surface area (Å²) in [5, 5.41) is 5.96. The van der Waals surface area contributed by atoms with Crippen molar-refractivity contribution in [2.45, 2.75) is 50.4 Å². The summed E-state index contributed by atoms with van der Waals surface area (Å²) < 4.78 is 95.9. The van der Waals surface area contributed by atoms with Gasteiger partial charge in [-0.3, -0.25) is 9.69 Å². The monoisotopic (exact) mass is 655 g/mol. The van der Waals surface area contributed by atoms with Gasteiger partial charge in [0.1, 0.15) is 17.8 Å². The number of carbonyl (C=O) groups excluding carboxylic acids is 1. The molecule has 0 saturated carbocycles. The second-order valence-corrected chi connectivity index (χ2v) is 12.9. The summed E-state index contributed by atoms with van der Waals surface area (Å²) in [4.78, 5) is 19.3. The average Bonchev–Trinajstić information content (AvgIpc) is 3.33. The maximum atomic E-state index is 13.5. The molecule has 1 aliphatic heterocycles. The largest absolute Gasteiger partial charge is 0.492 e. The van der Waals surface area contributed by atoms with Crippen LogP contribution in [0.3, 0.4) is 0 Å². The number of ether oxygens (including phenoxy) is 1. The van der Waals surface area contributed by atoms with Crippen LogP contribution in [0.5, 0.6) is 5.75 Å². The van der Waals surface area contributed by atoms with Crippen LogP contribution < -0.4 is 15.4 Å². The molecule has 2 aromatic carbocycles. The van der Waals surface area contributed by atoms with Gasteiger partial charge < -0.3 is 19.9 Å². The number of sulfone groups is 1. The van der Waals surface area contributed by atoms with E-state index < -0.39 is 34.9 Å². The molecule has 2 atom stereocenters. The lowest BCUT2D eigenvalue weighted by atomic mass is 9.93. The Kier molecular flexibility index (Phi) is 10.6. The topological polar surface area (TPSA) is 106 Å². The molecule has 244 valence electrons. The fourth-order valence-corrected chi connectivity index (χ4v) is 5.86. The van der Waals surface area contributed by atoms with Gasteiger partial charge in [0.05, 0.1) is 47.7 Å². The fourth-order valence-electron chi connectivity index (χ4n) is 5.22. The van der Waals surface area contributed by atoms with Crippen LogP contribution in [0.1, 0.15) is 36.2 Å². The lowest BCUT2D eigenvalue weighted by Crippen LogP contribution is -2.50. The van der Waals surface area contributed by atoms with Crippen LogP contribution in [0.15, 0.2) is 41.6 Å². The third kappa shape index (κ3) is 9.07. The van der Waals surface area contributed by atoms with E-state index in [9.17, 15) is 35.2 Å². The van der Waals surface area contributed by atoms with Crippen molar-refractivity contribution in [2.75, 3.05) is 44.4 Å². The quantitative estimate of drug-likeness (QED) is 0.244. The molecule has 1 aromatic heterocycles. The van der Waals surface area contributed by atoms with Gasteiger partial charge in [-0.25, -0.2) is 22.2 Å². The van der Waals surface area contributed by atoms with Crippen molar-refractivity contribution in [1.29, 1.82) is 0 Å². The minimum absolute atomic E-state index is 0.0443. The molecule has 1 aliphatic rings. The van der Waals surface area contributed by atoms with Gasteiger partial charge in [0.2, 0.25) is 0 Å². The zero-order valence-electron chi connectivity index (χ0n) is 24.9. The van der Waals surface area contributed by atoms with Gasteiger partial charge in [0.15, 0.2) is 9.84 Å². The summed E-state index contributed by atoms with van der Waals surface area (Å²) >= 11 is 0. The van der Waals surface area contributed by atoms with Crippen LogP contribution in [0.25, 0.3) is 11.0 Å². The minimum atomic E-state index is -4.53. The van der Waals surface area contributed by atoms with Gasteiger partial charge in [0, 0.05) is 37.0 Å². The number of anilines is 1. The Hall–Kier alpha value is -3.90. The first kappa shape index (κ1) is 34.0. The number of alkyl halides is 5. The number of amides is 1. The maximum Gasteiger partial charge on any atom is 0.406 e. The van der Waals surface area contributed by atoms with E-state index in [4.69, 9.17) is 4.74 Å². The summed E-state index contributed by atoms with van der Waals surface area (Å²) in [6, 6.07) is 6.93. The first-order valence-corrected chi connectivity index (χ1v) is 16.1. The molecular weight excluding hydrogens is 621 g/mol. The van der Waals surface area contributed by atoms with E-state index in [1.807, 2.05) is 6.92 Å². The van der Waals surface area contributed by atoms with Crippen molar-refractivity contribution >= 4 is 32.5 Å². The Balaban J connectivity index is 1.58. The number of hydrogen-bond acceptors (Lipinski definition) is 7. The molecule has 0 unspecified atom stereocenters. The predicted molar refractivity (Wildman–Crippen MR) is 159 cm³/mol. The highest BCUT2D eigenvalue weighted by Crippen LogP contribution is 2.28. The summed E-state index contributed by atoms with van der Waals surface area (Å²) in [6.45, 7) is 3.02. The number of fused-ring (bicyclic) bond motifs is 1. The average molecular weight is 656 g/mol. The normalized spacial score (nSPS) is 17.6. The van der Waals surface area contributed by atoms with E-state index in [-0.39, 0.29) is 58.7 Å². The number of aromatic nitrogens is 2. The Labute approximate surface area is 258 Å². The Morgan fingerprint density at radius 3 is 2.62 bits per heavy atom. The van der Waals surface area contributed by atoms with Gasteiger partial charge in [-0.2, -0.15) is 13.2 Å². The maximum absolute atomic E-state index is 13.5. The van der Waals surface area contributed by atoms with Crippen LogP contribution in [0.4, 0.5) is 27.6 Å². The minimum Gasteiger partial charge on any atom is -0.492 e. The zero-order chi connectivity index (χ0) is 32.9. The molecule has 1 fully saturated rings. The number of imidazole rings is 1. The Bertz CT molecular complexity index is 1700. The number of hydrogen-bond donors (Lipinski definition) is 2. The summed E-state index contributed by atoms with van der Waals surface area (Å²) in [5.41, 5.74) is 0.965. The summed E-state index contributed by atoms with van der Waals surface area (Å²) in [6.07, 6.45) is -4.45. The van der Waals surface area contributed by atoms with Gasteiger partial charge in [-0.05, 0) is 43.5 Å². The number of piperidine rings is 1. The number of nitrogens with zero attached hydrogens (tertiary/aromatic N) is 3. The number of nitrogens with one attached hydrogen (secondary N) is 2. The van der Waals surface area contributed by atoms with Gasteiger partial charge in [0.25, 0.3) is 12.3 Å². The lowest BCUT2D eigenvalue weighted by molar-refractivity contribution is -0.139. The fraction of sp³-hybridized carbons (Fsp3) is 0.467. The summed E-state index contributed by atoms with van der Waals surface area (Å²) in [5.74, 6) is 5.38. The van der Waals surface area contributed by atoms with E-state index in [1.165, 1.54) is 24.3 Å².